The van der Waals surface area contributed by atoms with Gasteiger partial charge in [-0.3, -0.25) is 24.2 Å². The lowest BCUT2D eigenvalue weighted by molar-refractivity contribution is -0.119. The molecule has 37 heavy (non-hydrogen) atoms. The molecule has 0 spiro atoms. The van der Waals surface area contributed by atoms with Gasteiger partial charge in [-0.05, 0) is 25.7 Å². The number of carbonyl (C=O) groups excluding carboxylic acids is 2. The minimum atomic E-state index is -0.628. The molecule has 2 aromatic heterocycles. The Hall–Kier alpha value is -3.90. The third kappa shape index (κ3) is 5.30. The molecule has 190 valence electrons. The number of benzene rings is 1. The number of nitrogens with zero attached hydrogens (tertiary/aromatic N) is 5. The predicted octanol–water partition coefficient (Wildman–Crippen LogP) is 3.61. The van der Waals surface area contributed by atoms with Crippen molar-refractivity contribution in [2.45, 2.75) is 50.6 Å². The molecule has 2 aliphatic rings. The van der Waals surface area contributed by atoms with Crippen molar-refractivity contribution in [1.29, 1.82) is 5.26 Å². The molecule has 5 rings (SSSR count). The van der Waals surface area contributed by atoms with Crippen molar-refractivity contribution in [3.05, 3.63) is 71.4 Å². The van der Waals surface area contributed by atoms with E-state index in [-0.39, 0.29) is 35.9 Å². The third-order valence-corrected chi connectivity index (χ3v) is 7.50. The van der Waals surface area contributed by atoms with Crippen LogP contribution in [0, 0.1) is 23.1 Å². The summed E-state index contributed by atoms with van der Waals surface area (Å²) in [5.41, 5.74) is 7.56. The van der Waals surface area contributed by atoms with Gasteiger partial charge < -0.3 is 5.73 Å². The average Bonchev–Trinajstić information content (AvgIpc) is 3.67. The predicted molar refractivity (Wildman–Crippen MR) is 135 cm³/mol. The molecule has 1 amide bonds. The van der Waals surface area contributed by atoms with Gasteiger partial charge in [0.2, 0.25) is 0 Å². The van der Waals surface area contributed by atoms with E-state index < -0.39 is 11.4 Å². The highest BCUT2D eigenvalue weighted by Gasteiger charge is 2.39. The number of amides is 1. The Morgan fingerprint density at radius 3 is 2.54 bits per heavy atom. The van der Waals surface area contributed by atoms with Gasteiger partial charge in [0.25, 0.3) is 5.91 Å². The molecular weight excluding hydrogens is 471 g/mol. The zero-order valence-electron chi connectivity index (χ0n) is 20.6. The molecule has 3 aromatic rings. The number of nitriles is 1. The van der Waals surface area contributed by atoms with E-state index in [1.807, 2.05) is 30.3 Å². The monoisotopic (exact) mass is 500 g/mol. The molecule has 9 heteroatoms. The van der Waals surface area contributed by atoms with Crippen LogP contribution >= 0.6 is 0 Å². The van der Waals surface area contributed by atoms with Crippen molar-refractivity contribution in [3.8, 4) is 17.3 Å². The second-order valence-corrected chi connectivity index (χ2v) is 10.1. The number of hydrogen-bond donors (Lipinski definition) is 1. The van der Waals surface area contributed by atoms with Crippen LogP contribution in [-0.4, -0.2) is 44.4 Å². The van der Waals surface area contributed by atoms with Crippen molar-refractivity contribution >= 4 is 11.7 Å². The number of carbonyl (C=O) groups is 2. The molecule has 1 saturated carbocycles. The molecule has 1 aromatic carbocycles. The number of pyridine rings is 1. The molecule has 3 heterocycles. The van der Waals surface area contributed by atoms with E-state index in [1.165, 1.54) is 6.07 Å². The van der Waals surface area contributed by atoms with E-state index >= 15 is 0 Å². The van der Waals surface area contributed by atoms with Crippen LogP contribution in [0.3, 0.4) is 0 Å². The first-order chi connectivity index (χ1) is 17.9. The lowest BCUT2D eigenvalue weighted by Gasteiger charge is -2.40. The summed E-state index contributed by atoms with van der Waals surface area (Å²) in [6.45, 7) is 1.64. The molecule has 1 aliphatic heterocycles. The van der Waals surface area contributed by atoms with E-state index in [4.69, 9.17) is 5.73 Å². The lowest BCUT2D eigenvalue weighted by atomic mass is 9.84. The fourth-order valence-electron chi connectivity index (χ4n) is 5.05. The van der Waals surface area contributed by atoms with Crippen molar-refractivity contribution in [2.24, 2.45) is 11.7 Å². The third-order valence-electron chi connectivity index (χ3n) is 7.50. The average molecular weight is 501 g/mol. The Labute approximate surface area is 214 Å². The maximum atomic E-state index is 14.9. The molecular formula is C28H29FN6O2. The summed E-state index contributed by atoms with van der Waals surface area (Å²) in [6.07, 6.45) is 6.41. The van der Waals surface area contributed by atoms with Gasteiger partial charge in [-0.2, -0.15) is 10.4 Å². The van der Waals surface area contributed by atoms with Gasteiger partial charge in [0.15, 0.2) is 0 Å². The number of rotatable bonds is 9. The standard InChI is InChI=1S/C28H29FN6O2/c29-23-14-24(19-4-2-1-3-5-19)32-16-21(23)17-34-12-9-28(8-11-30,10-13-34)35-18-22(27(31)37)25(33-35)15-26(36)20-6-7-20/h1-5,14,16,18,20H,6-10,12-13,15,17H2,(H2,31,37). The maximum Gasteiger partial charge on any atom is 0.252 e. The Bertz CT molecular complexity index is 1350. The SMILES string of the molecule is N#CCC1(n2cc(C(N)=O)c(CC(=O)C3CC3)n2)CCN(Cc2cnc(-c3ccccc3)cc2F)CC1. The fourth-order valence-corrected chi connectivity index (χ4v) is 5.05. The lowest BCUT2D eigenvalue weighted by Crippen LogP contribution is -2.46. The molecule has 2 N–H and O–H groups in total. The minimum Gasteiger partial charge on any atom is -0.365 e. The van der Waals surface area contributed by atoms with E-state index in [0.29, 0.717) is 49.4 Å². The largest absolute Gasteiger partial charge is 0.365 e. The van der Waals surface area contributed by atoms with Gasteiger partial charge in [0.05, 0.1) is 41.4 Å². The highest BCUT2D eigenvalue weighted by molar-refractivity contribution is 5.95. The summed E-state index contributed by atoms with van der Waals surface area (Å²) >= 11 is 0. The van der Waals surface area contributed by atoms with Gasteiger partial charge in [-0.1, -0.05) is 30.3 Å². The first-order valence-electron chi connectivity index (χ1n) is 12.6. The van der Waals surface area contributed by atoms with Gasteiger partial charge in [0, 0.05) is 55.1 Å². The molecule has 0 atom stereocenters. The molecule has 0 bridgehead atoms. The Kier molecular flexibility index (Phi) is 6.85. The molecule has 0 radical (unpaired) electrons. The van der Waals surface area contributed by atoms with E-state index in [9.17, 15) is 19.2 Å². The molecule has 1 saturated heterocycles. The highest BCUT2D eigenvalue weighted by atomic mass is 19.1. The molecule has 2 fully saturated rings. The van der Waals surface area contributed by atoms with Crippen LogP contribution in [0.5, 0.6) is 0 Å². The first-order valence-corrected chi connectivity index (χ1v) is 12.6. The van der Waals surface area contributed by atoms with Crippen molar-refractivity contribution in [2.75, 3.05) is 13.1 Å². The topological polar surface area (TPSA) is 118 Å². The minimum absolute atomic E-state index is 0.0545. The summed E-state index contributed by atoms with van der Waals surface area (Å²) < 4.78 is 16.6. The zero-order chi connectivity index (χ0) is 26.0. The Morgan fingerprint density at radius 2 is 1.92 bits per heavy atom. The number of primary amides is 1. The summed E-state index contributed by atoms with van der Waals surface area (Å²) in [5, 5.41) is 14.2. The second-order valence-electron chi connectivity index (χ2n) is 10.1. The first kappa shape index (κ1) is 24.8. The fraction of sp³-hybridized carbons (Fsp3) is 0.393. The van der Waals surface area contributed by atoms with E-state index in [0.717, 1.165) is 18.4 Å². The summed E-state index contributed by atoms with van der Waals surface area (Å²) in [7, 11) is 0. The summed E-state index contributed by atoms with van der Waals surface area (Å²) in [4.78, 5) is 31.1. The van der Waals surface area contributed by atoms with Crippen molar-refractivity contribution < 1.29 is 14.0 Å². The molecule has 8 nitrogen and oxygen atoms in total. The van der Waals surface area contributed by atoms with Crippen LogP contribution in [0.1, 0.15) is 53.7 Å². The molecule has 1 aliphatic carbocycles. The van der Waals surface area contributed by atoms with Crippen molar-refractivity contribution in [1.82, 2.24) is 19.7 Å². The Balaban J connectivity index is 1.30. The van der Waals surface area contributed by atoms with Crippen LogP contribution in [0.15, 0.2) is 48.8 Å². The zero-order valence-corrected chi connectivity index (χ0v) is 20.6. The number of nitrogens with two attached hydrogens (primary N) is 1. The van der Waals surface area contributed by atoms with E-state index in [1.54, 1.807) is 17.1 Å². The molecule has 0 unspecified atom stereocenters. The van der Waals surface area contributed by atoms with Crippen molar-refractivity contribution in [3.63, 3.8) is 0 Å². The number of piperidine rings is 1. The summed E-state index contributed by atoms with van der Waals surface area (Å²) in [6, 6.07) is 13.2. The van der Waals surface area contributed by atoms with E-state index in [2.05, 4.69) is 21.1 Å². The second kappa shape index (κ2) is 10.2. The van der Waals surface area contributed by atoms with Gasteiger partial charge in [-0.25, -0.2) is 4.39 Å². The Morgan fingerprint density at radius 1 is 1.19 bits per heavy atom. The smallest absolute Gasteiger partial charge is 0.252 e. The van der Waals surface area contributed by atoms with Crippen LogP contribution in [0.4, 0.5) is 4.39 Å². The highest BCUT2D eigenvalue weighted by Crippen LogP contribution is 2.35. The number of halogens is 1. The van der Waals surface area contributed by atoms with Crippen LogP contribution in [0.2, 0.25) is 0 Å². The number of Topliss-reactive ketones (excluding diaryl/α,β-unsaturated/α-hetero) is 1. The number of hydrogen-bond acceptors (Lipinski definition) is 6. The quantitative estimate of drug-likeness (QED) is 0.480. The summed E-state index contributed by atoms with van der Waals surface area (Å²) in [5.74, 6) is -0.799. The maximum absolute atomic E-state index is 14.9. The van der Waals surface area contributed by atoms with Crippen LogP contribution in [0.25, 0.3) is 11.3 Å². The van der Waals surface area contributed by atoms with Crippen LogP contribution in [-0.2, 0) is 23.3 Å². The number of ketones is 1. The number of likely N-dealkylation sites (tertiary alicyclic amines) is 1. The van der Waals surface area contributed by atoms with Gasteiger partial charge in [0.1, 0.15) is 11.6 Å². The normalized spacial score (nSPS) is 17.3. The van der Waals surface area contributed by atoms with Gasteiger partial charge >= 0.3 is 0 Å². The van der Waals surface area contributed by atoms with Crippen LogP contribution < -0.4 is 5.73 Å². The van der Waals surface area contributed by atoms with Gasteiger partial charge in [-0.15, -0.1) is 0 Å². The number of aromatic nitrogens is 3.